The minimum Gasteiger partial charge on any atom is -0.319 e. The number of nitriles is 1. The number of carbonyl (C=O) groups excluding carboxylic acids is 1. The first-order chi connectivity index (χ1) is 9.70. The van der Waals surface area contributed by atoms with Crippen molar-refractivity contribution in [2.45, 2.75) is 0 Å². The Morgan fingerprint density at radius 3 is 2.60 bits per heavy atom. The number of anilines is 1. The van der Waals surface area contributed by atoms with Crippen LogP contribution in [0.25, 0.3) is 6.08 Å². The zero-order valence-electron chi connectivity index (χ0n) is 10.4. The van der Waals surface area contributed by atoms with Crippen LogP contribution >= 0.6 is 0 Å². The number of amides is 1. The molecule has 5 heteroatoms. The van der Waals surface area contributed by atoms with Crippen molar-refractivity contribution in [1.82, 2.24) is 4.98 Å². The van der Waals surface area contributed by atoms with Gasteiger partial charge in [0.05, 0.1) is 5.69 Å². The fourth-order valence-corrected chi connectivity index (χ4v) is 1.53. The highest BCUT2D eigenvalue weighted by Crippen LogP contribution is 2.14. The Kier molecular flexibility index (Phi) is 4.20. The number of pyridine rings is 1. The minimum absolute atomic E-state index is 0.0355. The Hall–Kier alpha value is -3.00. The number of nitrogens with zero attached hydrogens (tertiary/aromatic N) is 2. The molecule has 1 N–H and O–H groups in total. The fourth-order valence-electron chi connectivity index (χ4n) is 1.53. The van der Waals surface area contributed by atoms with Gasteiger partial charge in [0, 0.05) is 12.4 Å². The molecule has 0 bridgehead atoms. The van der Waals surface area contributed by atoms with Crippen LogP contribution in [-0.2, 0) is 4.79 Å². The summed E-state index contributed by atoms with van der Waals surface area (Å²) in [7, 11) is 0. The summed E-state index contributed by atoms with van der Waals surface area (Å²) in [6, 6.07) is 10.9. The first kappa shape index (κ1) is 13.4. The van der Waals surface area contributed by atoms with E-state index in [2.05, 4.69) is 10.3 Å². The van der Waals surface area contributed by atoms with E-state index in [1.165, 1.54) is 24.3 Å². The smallest absolute Gasteiger partial charge is 0.266 e. The first-order valence-electron chi connectivity index (χ1n) is 5.78. The average molecular weight is 267 g/mol. The van der Waals surface area contributed by atoms with E-state index in [9.17, 15) is 9.18 Å². The van der Waals surface area contributed by atoms with Gasteiger partial charge in [-0.2, -0.15) is 5.26 Å². The van der Waals surface area contributed by atoms with Gasteiger partial charge < -0.3 is 5.32 Å². The Morgan fingerprint density at radius 1 is 1.25 bits per heavy atom. The molecule has 0 radical (unpaired) electrons. The summed E-state index contributed by atoms with van der Waals surface area (Å²) in [6.45, 7) is 0. The molecule has 0 aliphatic heterocycles. The summed E-state index contributed by atoms with van der Waals surface area (Å²) in [6.07, 6.45) is 4.52. The lowest BCUT2D eigenvalue weighted by Gasteiger charge is -2.05. The molecule has 20 heavy (non-hydrogen) atoms. The topological polar surface area (TPSA) is 65.8 Å². The third kappa shape index (κ3) is 3.27. The quantitative estimate of drug-likeness (QED) is 0.687. The van der Waals surface area contributed by atoms with E-state index in [-0.39, 0.29) is 11.3 Å². The van der Waals surface area contributed by atoms with Gasteiger partial charge in [-0.15, -0.1) is 0 Å². The van der Waals surface area contributed by atoms with Crippen molar-refractivity contribution in [3.63, 3.8) is 0 Å². The summed E-state index contributed by atoms with van der Waals surface area (Å²) >= 11 is 0. The van der Waals surface area contributed by atoms with Crippen LogP contribution in [0, 0.1) is 17.1 Å². The highest BCUT2D eigenvalue weighted by molar-refractivity contribution is 6.09. The number of carbonyl (C=O) groups is 1. The number of rotatable bonds is 3. The van der Waals surface area contributed by atoms with E-state index < -0.39 is 11.7 Å². The van der Waals surface area contributed by atoms with Gasteiger partial charge in [-0.25, -0.2) is 4.39 Å². The summed E-state index contributed by atoms with van der Waals surface area (Å²) in [4.78, 5) is 15.8. The third-order valence-electron chi connectivity index (χ3n) is 2.50. The molecule has 4 nitrogen and oxygen atoms in total. The predicted molar refractivity (Wildman–Crippen MR) is 72.9 cm³/mol. The second-order valence-corrected chi connectivity index (χ2v) is 3.88. The Labute approximate surface area is 115 Å². The summed E-state index contributed by atoms with van der Waals surface area (Å²) in [5.41, 5.74) is 0.591. The van der Waals surface area contributed by atoms with Crippen molar-refractivity contribution in [2.75, 3.05) is 5.32 Å². The standard InChI is InChI=1S/C15H10FN3O/c16-13-3-1-2-4-14(13)19-15(20)12(10-17)9-11-5-7-18-8-6-11/h1-9H,(H,19,20)/b12-9+. The maximum absolute atomic E-state index is 13.4. The first-order valence-corrected chi connectivity index (χ1v) is 5.78. The molecule has 0 fully saturated rings. The second-order valence-electron chi connectivity index (χ2n) is 3.88. The van der Waals surface area contributed by atoms with Crippen molar-refractivity contribution in [3.8, 4) is 6.07 Å². The van der Waals surface area contributed by atoms with Crippen LogP contribution in [0.15, 0.2) is 54.4 Å². The van der Waals surface area contributed by atoms with Gasteiger partial charge in [-0.05, 0) is 35.9 Å². The van der Waals surface area contributed by atoms with Crippen molar-refractivity contribution < 1.29 is 9.18 Å². The van der Waals surface area contributed by atoms with Gasteiger partial charge in [0.2, 0.25) is 0 Å². The van der Waals surface area contributed by atoms with Gasteiger partial charge in [0.15, 0.2) is 0 Å². The largest absolute Gasteiger partial charge is 0.319 e. The third-order valence-corrected chi connectivity index (χ3v) is 2.50. The van der Waals surface area contributed by atoms with E-state index in [0.717, 1.165) is 0 Å². The Bertz CT molecular complexity index is 690. The highest BCUT2D eigenvalue weighted by atomic mass is 19.1. The molecule has 0 saturated carbocycles. The monoisotopic (exact) mass is 267 g/mol. The van der Waals surface area contributed by atoms with Crippen molar-refractivity contribution >= 4 is 17.7 Å². The number of aromatic nitrogens is 1. The van der Waals surface area contributed by atoms with Crippen molar-refractivity contribution in [3.05, 3.63) is 65.7 Å². The normalized spacial score (nSPS) is 10.7. The van der Waals surface area contributed by atoms with E-state index in [1.54, 1.807) is 36.7 Å². The van der Waals surface area contributed by atoms with E-state index in [4.69, 9.17) is 5.26 Å². The second kappa shape index (κ2) is 6.25. The molecule has 1 amide bonds. The lowest BCUT2D eigenvalue weighted by atomic mass is 10.1. The van der Waals surface area contributed by atoms with E-state index in [0.29, 0.717) is 5.56 Å². The SMILES string of the molecule is N#C/C(=C\c1ccncc1)C(=O)Nc1ccccc1F. The molecule has 1 aromatic heterocycles. The van der Waals surface area contributed by atoms with Crippen molar-refractivity contribution in [1.29, 1.82) is 5.26 Å². The van der Waals surface area contributed by atoms with E-state index in [1.807, 2.05) is 0 Å². The van der Waals surface area contributed by atoms with Gasteiger partial charge in [0.25, 0.3) is 5.91 Å². The molecule has 1 aromatic carbocycles. The fraction of sp³-hybridized carbons (Fsp3) is 0. The number of benzene rings is 1. The van der Waals surface area contributed by atoms with Crippen LogP contribution in [0.2, 0.25) is 0 Å². The lowest BCUT2D eigenvalue weighted by molar-refractivity contribution is -0.112. The number of para-hydroxylation sites is 1. The minimum atomic E-state index is -0.658. The van der Waals surface area contributed by atoms with Crippen LogP contribution in [0.5, 0.6) is 0 Å². The number of hydrogen-bond donors (Lipinski definition) is 1. The number of halogens is 1. The maximum Gasteiger partial charge on any atom is 0.266 e. The zero-order chi connectivity index (χ0) is 14.4. The predicted octanol–water partition coefficient (Wildman–Crippen LogP) is 2.77. The van der Waals surface area contributed by atoms with Gasteiger partial charge >= 0.3 is 0 Å². The Morgan fingerprint density at radius 2 is 1.95 bits per heavy atom. The molecule has 0 aliphatic carbocycles. The van der Waals surface area contributed by atoms with Crippen LogP contribution in [0.3, 0.4) is 0 Å². The number of nitrogens with one attached hydrogen (secondary N) is 1. The lowest BCUT2D eigenvalue weighted by Crippen LogP contribution is -2.14. The van der Waals surface area contributed by atoms with Gasteiger partial charge in [-0.3, -0.25) is 9.78 Å². The van der Waals surface area contributed by atoms with Gasteiger partial charge in [0.1, 0.15) is 17.5 Å². The van der Waals surface area contributed by atoms with Crippen LogP contribution in [-0.4, -0.2) is 10.9 Å². The molecule has 0 atom stereocenters. The van der Waals surface area contributed by atoms with Crippen LogP contribution in [0.1, 0.15) is 5.56 Å². The molecule has 0 unspecified atom stereocenters. The maximum atomic E-state index is 13.4. The summed E-state index contributed by atoms with van der Waals surface area (Å²) in [5, 5.41) is 11.4. The molecular formula is C15H10FN3O. The van der Waals surface area contributed by atoms with Crippen LogP contribution in [0.4, 0.5) is 10.1 Å². The summed E-state index contributed by atoms with van der Waals surface area (Å²) in [5.74, 6) is -1.21. The highest BCUT2D eigenvalue weighted by Gasteiger charge is 2.11. The molecule has 0 saturated heterocycles. The zero-order valence-corrected chi connectivity index (χ0v) is 10.4. The molecular weight excluding hydrogens is 257 g/mol. The molecule has 98 valence electrons. The molecule has 1 heterocycles. The Balaban J connectivity index is 2.21. The molecule has 0 aliphatic rings. The van der Waals surface area contributed by atoms with Crippen molar-refractivity contribution in [2.24, 2.45) is 0 Å². The molecule has 2 aromatic rings. The van der Waals surface area contributed by atoms with Crippen LogP contribution < -0.4 is 5.32 Å². The molecule has 2 rings (SSSR count). The number of hydrogen-bond acceptors (Lipinski definition) is 3. The summed E-state index contributed by atoms with van der Waals surface area (Å²) < 4.78 is 13.4. The molecule has 0 spiro atoms. The van der Waals surface area contributed by atoms with Gasteiger partial charge in [-0.1, -0.05) is 12.1 Å². The van der Waals surface area contributed by atoms with E-state index >= 15 is 0 Å². The average Bonchev–Trinajstić information content (AvgIpc) is 2.48.